The van der Waals surface area contributed by atoms with Gasteiger partial charge in [-0.1, -0.05) is 46.9 Å². The zero-order valence-electron chi connectivity index (χ0n) is 19.9. The molecule has 13 heteroatoms. The van der Waals surface area contributed by atoms with Crippen molar-refractivity contribution in [1.82, 2.24) is 4.31 Å². The van der Waals surface area contributed by atoms with E-state index in [9.17, 15) is 21.6 Å². The molecular formula is C25H24Cl3N3O5S2. The topological polar surface area (TPSA) is 113 Å². The van der Waals surface area contributed by atoms with Crippen molar-refractivity contribution in [2.75, 3.05) is 23.1 Å². The van der Waals surface area contributed by atoms with Gasteiger partial charge >= 0.3 is 0 Å². The summed E-state index contributed by atoms with van der Waals surface area (Å²) in [7, 11) is -7.43. The number of benzene rings is 3. The van der Waals surface area contributed by atoms with E-state index in [1.807, 2.05) is 0 Å². The quantitative estimate of drug-likeness (QED) is 0.341. The van der Waals surface area contributed by atoms with Crippen molar-refractivity contribution in [1.29, 1.82) is 0 Å². The minimum absolute atomic E-state index is 0.0240. The van der Waals surface area contributed by atoms with E-state index in [0.29, 0.717) is 39.8 Å². The summed E-state index contributed by atoms with van der Waals surface area (Å²) in [4.78, 5) is 12.8. The van der Waals surface area contributed by atoms with Crippen LogP contribution in [-0.4, -0.2) is 40.1 Å². The second kappa shape index (κ2) is 11.8. The zero-order chi connectivity index (χ0) is 27.5. The maximum Gasteiger partial charge on any atom is 0.261 e. The SMILES string of the molecule is O=C(Nc1ccc(S(=O)(=O)Nc2cccc(Cl)c2)cc1)C1CCN(S(=O)(=O)Cc2ccc(Cl)c(Cl)c2)CC1. The number of halogens is 3. The molecule has 0 saturated carbocycles. The van der Waals surface area contributed by atoms with Crippen LogP contribution in [0.2, 0.25) is 15.1 Å². The first-order chi connectivity index (χ1) is 17.9. The normalized spacial score (nSPS) is 15.2. The molecule has 3 aromatic rings. The molecule has 0 aliphatic carbocycles. The number of carbonyl (C=O) groups excluding carboxylic acids is 1. The Labute approximate surface area is 237 Å². The van der Waals surface area contributed by atoms with E-state index in [2.05, 4.69) is 10.0 Å². The molecule has 2 N–H and O–H groups in total. The summed E-state index contributed by atoms with van der Waals surface area (Å²) in [6.07, 6.45) is 0.727. The highest BCUT2D eigenvalue weighted by atomic mass is 35.5. The van der Waals surface area contributed by atoms with E-state index in [1.165, 1.54) is 40.7 Å². The minimum Gasteiger partial charge on any atom is -0.326 e. The summed E-state index contributed by atoms with van der Waals surface area (Å²) in [6.45, 7) is 0.433. The van der Waals surface area contributed by atoms with Crippen molar-refractivity contribution in [3.05, 3.63) is 87.4 Å². The van der Waals surface area contributed by atoms with E-state index in [4.69, 9.17) is 34.8 Å². The predicted octanol–water partition coefficient (Wildman–Crippen LogP) is 5.63. The van der Waals surface area contributed by atoms with Gasteiger partial charge in [-0.15, -0.1) is 0 Å². The second-order valence-corrected chi connectivity index (χ2v) is 13.7. The summed E-state index contributed by atoms with van der Waals surface area (Å²) < 4.78 is 54.8. The van der Waals surface area contributed by atoms with Gasteiger partial charge < -0.3 is 5.32 Å². The third-order valence-corrected chi connectivity index (χ3v) is 10.3. The fraction of sp³-hybridized carbons (Fsp3) is 0.240. The maximum absolute atomic E-state index is 12.9. The van der Waals surface area contributed by atoms with E-state index >= 15 is 0 Å². The molecule has 1 heterocycles. The highest BCUT2D eigenvalue weighted by Gasteiger charge is 2.31. The van der Waals surface area contributed by atoms with Crippen LogP contribution in [0.1, 0.15) is 18.4 Å². The fourth-order valence-electron chi connectivity index (χ4n) is 4.06. The number of sulfonamides is 2. The van der Waals surface area contributed by atoms with E-state index in [-0.39, 0.29) is 40.6 Å². The average Bonchev–Trinajstić information content (AvgIpc) is 2.86. The highest BCUT2D eigenvalue weighted by molar-refractivity contribution is 7.92. The van der Waals surface area contributed by atoms with Crippen LogP contribution in [0.5, 0.6) is 0 Å². The van der Waals surface area contributed by atoms with E-state index < -0.39 is 20.0 Å². The Balaban J connectivity index is 1.31. The lowest BCUT2D eigenvalue weighted by molar-refractivity contribution is -0.120. The lowest BCUT2D eigenvalue weighted by Gasteiger charge is -2.30. The number of nitrogens with zero attached hydrogens (tertiary/aromatic N) is 1. The van der Waals surface area contributed by atoms with Crippen LogP contribution in [0.3, 0.4) is 0 Å². The highest BCUT2D eigenvalue weighted by Crippen LogP contribution is 2.27. The Bertz CT molecular complexity index is 1540. The van der Waals surface area contributed by atoms with Crippen LogP contribution < -0.4 is 10.0 Å². The summed E-state index contributed by atoms with van der Waals surface area (Å²) in [5, 5.41) is 3.83. The van der Waals surface area contributed by atoms with Gasteiger partial charge in [0.15, 0.2) is 0 Å². The molecule has 1 aliphatic heterocycles. The number of anilines is 2. The van der Waals surface area contributed by atoms with Crippen LogP contribution in [0, 0.1) is 5.92 Å². The van der Waals surface area contributed by atoms with E-state index in [0.717, 1.165) is 0 Å². The van der Waals surface area contributed by atoms with Gasteiger partial charge in [0.1, 0.15) is 0 Å². The van der Waals surface area contributed by atoms with Crippen molar-refractivity contribution >= 4 is 72.1 Å². The maximum atomic E-state index is 12.9. The summed E-state index contributed by atoms with van der Waals surface area (Å²) in [5.74, 6) is -0.833. The van der Waals surface area contributed by atoms with Crippen LogP contribution in [0.15, 0.2) is 71.6 Å². The molecule has 0 spiro atoms. The molecule has 0 bridgehead atoms. The number of amides is 1. The van der Waals surface area contributed by atoms with Gasteiger partial charge in [-0.3, -0.25) is 9.52 Å². The Hall–Kier alpha value is -2.34. The van der Waals surface area contributed by atoms with Gasteiger partial charge in [-0.2, -0.15) is 0 Å². The first kappa shape index (κ1) is 28.7. The number of hydrogen-bond acceptors (Lipinski definition) is 5. The van der Waals surface area contributed by atoms with Crippen LogP contribution in [0.25, 0.3) is 0 Å². The summed E-state index contributed by atoms with van der Waals surface area (Å²) in [5.41, 5.74) is 1.30. The first-order valence-corrected chi connectivity index (χ1v) is 15.8. The van der Waals surface area contributed by atoms with Crippen LogP contribution in [-0.2, 0) is 30.6 Å². The summed E-state index contributed by atoms with van der Waals surface area (Å²) >= 11 is 17.8. The molecular weight excluding hydrogens is 593 g/mol. The molecule has 8 nitrogen and oxygen atoms in total. The van der Waals surface area contributed by atoms with Crippen molar-refractivity contribution in [2.24, 2.45) is 5.92 Å². The molecule has 1 fully saturated rings. The van der Waals surface area contributed by atoms with Gasteiger partial charge in [0.25, 0.3) is 10.0 Å². The molecule has 202 valence electrons. The number of nitrogens with one attached hydrogen (secondary N) is 2. The number of rotatable bonds is 8. The fourth-order valence-corrected chi connectivity index (χ4v) is 7.17. The zero-order valence-corrected chi connectivity index (χ0v) is 23.8. The molecule has 0 aromatic heterocycles. The van der Waals surface area contributed by atoms with Gasteiger partial charge in [-0.25, -0.2) is 21.1 Å². The monoisotopic (exact) mass is 615 g/mol. The van der Waals surface area contributed by atoms with E-state index in [1.54, 1.807) is 30.3 Å². The van der Waals surface area contributed by atoms with Crippen molar-refractivity contribution in [3.63, 3.8) is 0 Å². The molecule has 0 unspecified atom stereocenters. The second-order valence-electron chi connectivity index (χ2n) is 8.81. The number of carbonyl (C=O) groups is 1. The average molecular weight is 617 g/mol. The molecule has 3 aromatic carbocycles. The number of piperidine rings is 1. The minimum atomic E-state index is -3.84. The predicted molar refractivity (Wildman–Crippen MR) is 151 cm³/mol. The van der Waals surface area contributed by atoms with Crippen molar-refractivity contribution in [2.45, 2.75) is 23.5 Å². The van der Waals surface area contributed by atoms with Gasteiger partial charge in [0.2, 0.25) is 15.9 Å². The molecule has 4 rings (SSSR count). The van der Waals surface area contributed by atoms with Crippen molar-refractivity contribution in [3.8, 4) is 0 Å². The van der Waals surface area contributed by atoms with Gasteiger partial charge in [0.05, 0.1) is 26.4 Å². The molecule has 1 saturated heterocycles. The Kier molecular flexibility index (Phi) is 8.91. The van der Waals surface area contributed by atoms with Gasteiger partial charge in [0, 0.05) is 29.7 Å². The molecule has 0 radical (unpaired) electrons. The lowest BCUT2D eigenvalue weighted by atomic mass is 9.97. The largest absolute Gasteiger partial charge is 0.326 e. The van der Waals surface area contributed by atoms with Crippen LogP contribution in [0.4, 0.5) is 11.4 Å². The third-order valence-electron chi connectivity index (χ3n) is 6.06. The Morgan fingerprint density at radius 3 is 2.16 bits per heavy atom. The Morgan fingerprint density at radius 2 is 1.53 bits per heavy atom. The molecule has 38 heavy (non-hydrogen) atoms. The smallest absolute Gasteiger partial charge is 0.261 e. The third kappa shape index (κ3) is 7.19. The molecule has 0 atom stereocenters. The standard InChI is InChI=1S/C25H24Cl3N3O5S2/c26-19-2-1-3-21(15-19)30-38(35,36)22-7-5-20(6-8-22)29-25(32)18-10-12-31(13-11-18)37(33,34)16-17-4-9-23(27)24(28)14-17/h1-9,14-15,18,30H,10-13,16H2,(H,29,32). The molecule has 1 amide bonds. The Morgan fingerprint density at radius 1 is 0.842 bits per heavy atom. The lowest BCUT2D eigenvalue weighted by Crippen LogP contribution is -2.41. The van der Waals surface area contributed by atoms with Crippen molar-refractivity contribution < 1.29 is 21.6 Å². The van der Waals surface area contributed by atoms with Gasteiger partial charge in [-0.05, 0) is 73.0 Å². The summed E-state index contributed by atoms with van der Waals surface area (Å²) in [6, 6.07) is 16.8. The first-order valence-electron chi connectivity index (χ1n) is 11.5. The molecule has 1 aliphatic rings. The number of hydrogen-bond donors (Lipinski definition) is 2. The van der Waals surface area contributed by atoms with Crippen LogP contribution >= 0.6 is 34.8 Å².